The topological polar surface area (TPSA) is 41.9 Å². The van der Waals surface area contributed by atoms with Gasteiger partial charge in [0.25, 0.3) is 0 Å². The average molecular weight is 326 g/mol. The molecule has 0 bridgehead atoms. The van der Waals surface area contributed by atoms with Gasteiger partial charge in [-0.15, -0.1) is 11.3 Å². The third-order valence-corrected chi connectivity index (χ3v) is 4.62. The predicted octanol–water partition coefficient (Wildman–Crippen LogP) is 3.78. The maximum Gasteiger partial charge on any atom is 0.363 e. The van der Waals surface area contributed by atoms with E-state index in [0.29, 0.717) is 11.6 Å². The Labute approximate surface area is 139 Å². The SMILES string of the molecule is Cc1cc(C)cc(C2=N/C(=C\c3ccc(N(C)C)s3)C(=O)O2)c1. The number of anilines is 1. The van der Waals surface area contributed by atoms with E-state index in [4.69, 9.17) is 4.74 Å². The molecule has 0 fully saturated rings. The van der Waals surface area contributed by atoms with Gasteiger partial charge in [0, 0.05) is 24.5 Å². The number of carbonyl (C=O) groups is 1. The van der Waals surface area contributed by atoms with Crippen molar-refractivity contribution in [2.45, 2.75) is 13.8 Å². The van der Waals surface area contributed by atoms with Gasteiger partial charge in [-0.3, -0.25) is 0 Å². The van der Waals surface area contributed by atoms with Crippen LogP contribution in [0.3, 0.4) is 0 Å². The van der Waals surface area contributed by atoms with Crippen molar-refractivity contribution in [2.24, 2.45) is 4.99 Å². The van der Waals surface area contributed by atoms with Gasteiger partial charge in [-0.25, -0.2) is 9.79 Å². The molecule has 0 saturated heterocycles. The lowest BCUT2D eigenvalue weighted by Gasteiger charge is -2.06. The summed E-state index contributed by atoms with van der Waals surface area (Å²) in [6.07, 6.45) is 1.77. The zero-order valence-corrected chi connectivity index (χ0v) is 14.4. The molecule has 0 atom stereocenters. The lowest BCUT2D eigenvalue weighted by Crippen LogP contribution is -2.06. The van der Waals surface area contributed by atoms with Crippen molar-refractivity contribution in [3.63, 3.8) is 0 Å². The van der Waals surface area contributed by atoms with Crippen molar-refractivity contribution in [2.75, 3.05) is 19.0 Å². The van der Waals surface area contributed by atoms with Gasteiger partial charge in [0.05, 0.1) is 5.00 Å². The molecule has 2 heterocycles. The molecule has 0 unspecified atom stereocenters. The predicted molar refractivity (Wildman–Crippen MR) is 95.2 cm³/mol. The molecule has 5 heteroatoms. The van der Waals surface area contributed by atoms with Crippen molar-refractivity contribution in [3.8, 4) is 0 Å². The van der Waals surface area contributed by atoms with E-state index in [1.807, 2.05) is 57.1 Å². The van der Waals surface area contributed by atoms with E-state index >= 15 is 0 Å². The summed E-state index contributed by atoms with van der Waals surface area (Å²) in [7, 11) is 3.98. The number of benzene rings is 1. The molecule has 0 saturated carbocycles. The Morgan fingerprint density at radius 1 is 1.13 bits per heavy atom. The molecule has 0 radical (unpaired) electrons. The summed E-state index contributed by atoms with van der Waals surface area (Å²) >= 11 is 1.60. The summed E-state index contributed by atoms with van der Waals surface area (Å²) in [5, 5.41) is 1.13. The quantitative estimate of drug-likeness (QED) is 0.637. The van der Waals surface area contributed by atoms with E-state index in [0.717, 1.165) is 26.6 Å². The highest BCUT2D eigenvalue weighted by Gasteiger charge is 2.24. The number of ether oxygens (including phenoxy) is 1. The Bertz CT molecular complexity index is 811. The van der Waals surface area contributed by atoms with Crippen LogP contribution in [0, 0.1) is 13.8 Å². The second-order valence-corrected chi connectivity index (χ2v) is 6.88. The molecule has 1 aliphatic heterocycles. The fraction of sp³-hybridized carbons (Fsp3) is 0.222. The molecule has 0 aliphatic carbocycles. The van der Waals surface area contributed by atoms with Crippen LogP contribution in [0.2, 0.25) is 0 Å². The van der Waals surface area contributed by atoms with Crippen LogP contribution < -0.4 is 4.90 Å². The molecule has 0 spiro atoms. The van der Waals surface area contributed by atoms with Crippen LogP contribution in [-0.2, 0) is 9.53 Å². The van der Waals surface area contributed by atoms with Crippen molar-refractivity contribution in [1.29, 1.82) is 0 Å². The fourth-order valence-corrected chi connectivity index (χ4v) is 3.29. The number of aryl methyl sites for hydroxylation is 2. The van der Waals surface area contributed by atoms with Crippen molar-refractivity contribution < 1.29 is 9.53 Å². The number of hydrogen-bond acceptors (Lipinski definition) is 5. The molecule has 1 aromatic heterocycles. The minimum absolute atomic E-state index is 0.339. The first-order valence-electron chi connectivity index (χ1n) is 7.31. The number of cyclic esters (lactones) is 1. The number of aliphatic imine (C=N–C) groups is 1. The van der Waals surface area contributed by atoms with E-state index in [9.17, 15) is 4.79 Å². The molecular formula is C18H18N2O2S. The molecule has 118 valence electrons. The van der Waals surface area contributed by atoms with Crippen LogP contribution in [0.1, 0.15) is 21.6 Å². The number of esters is 1. The molecule has 0 N–H and O–H groups in total. The zero-order chi connectivity index (χ0) is 16.6. The fourth-order valence-electron chi connectivity index (χ4n) is 2.43. The van der Waals surface area contributed by atoms with E-state index in [2.05, 4.69) is 11.1 Å². The number of nitrogens with zero attached hydrogens (tertiary/aromatic N) is 2. The summed E-state index contributed by atoms with van der Waals surface area (Å²) in [4.78, 5) is 19.4. The van der Waals surface area contributed by atoms with Gasteiger partial charge >= 0.3 is 5.97 Å². The summed E-state index contributed by atoms with van der Waals surface area (Å²) < 4.78 is 5.33. The van der Waals surface area contributed by atoms with Crippen LogP contribution in [0.4, 0.5) is 5.00 Å². The molecule has 1 aromatic carbocycles. The molecule has 23 heavy (non-hydrogen) atoms. The number of rotatable bonds is 3. The van der Waals surface area contributed by atoms with Gasteiger partial charge in [-0.2, -0.15) is 0 Å². The lowest BCUT2D eigenvalue weighted by atomic mass is 10.1. The normalized spacial score (nSPS) is 15.7. The van der Waals surface area contributed by atoms with Crippen LogP contribution in [-0.4, -0.2) is 26.0 Å². The maximum absolute atomic E-state index is 12.1. The Hall–Kier alpha value is -2.40. The minimum Gasteiger partial charge on any atom is -0.402 e. The standard InChI is InChI=1S/C18H18N2O2S/c1-11-7-12(2)9-13(8-11)17-19-15(18(21)22-17)10-14-5-6-16(23-14)20(3)4/h5-10H,1-4H3/b15-10-. The van der Waals surface area contributed by atoms with Crippen molar-refractivity contribution in [1.82, 2.24) is 0 Å². The van der Waals surface area contributed by atoms with Gasteiger partial charge in [0.15, 0.2) is 5.70 Å². The van der Waals surface area contributed by atoms with E-state index in [-0.39, 0.29) is 0 Å². The summed E-state index contributed by atoms with van der Waals surface area (Å²) in [5.41, 5.74) is 3.40. The second-order valence-electron chi connectivity index (χ2n) is 5.78. The van der Waals surface area contributed by atoms with Crippen molar-refractivity contribution >= 4 is 34.3 Å². The van der Waals surface area contributed by atoms with Gasteiger partial charge in [0.1, 0.15) is 0 Å². The smallest absolute Gasteiger partial charge is 0.363 e. The van der Waals surface area contributed by atoms with Gasteiger partial charge < -0.3 is 9.64 Å². The molecule has 3 rings (SSSR count). The maximum atomic E-state index is 12.1. The highest BCUT2D eigenvalue weighted by molar-refractivity contribution is 7.16. The molecule has 2 aromatic rings. The highest BCUT2D eigenvalue weighted by Crippen LogP contribution is 2.28. The largest absolute Gasteiger partial charge is 0.402 e. The summed E-state index contributed by atoms with van der Waals surface area (Å²) in [6.45, 7) is 4.03. The minimum atomic E-state index is -0.404. The summed E-state index contributed by atoms with van der Waals surface area (Å²) in [6, 6.07) is 10.0. The first-order chi connectivity index (χ1) is 10.9. The Kier molecular flexibility index (Phi) is 4.05. The average Bonchev–Trinajstić information content (AvgIpc) is 3.06. The van der Waals surface area contributed by atoms with E-state index < -0.39 is 5.97 Å². The Morgan fingerprint density at radius 2 is 1.83 bits per heavy atom. The molecule has 4 nitrogen and oxygen atoms in total. The van der Waals surface area contributed by atoms with Crippen LogP contribution >= 0.6 is 11.3 Å². The van der Waals surface area contributed by atoms with Crippen molar-refractivity contribution in [3.05, 3.63) is 57.6 Å². The first-order valence-corrected chi connectivity index (χ1v) is 8.12. The lowest BCUT2D eigenvalue weighted by molar-refractivity contribution is -0.129. The first kappa shape index (κ1) is 15.5. The third kappa shape index (κ3) is 3.35. The van der Waals surface area contributed by atoms with E-state index in [1.54, 1.807) is 17.4 Å². The summed E-state index contributed by atoms with van der Waals surface area (Å²) in [5.74, 6) is -0.0311. The zero-order valence-electron chi connectivity index (χ0n) is 13.6. The Morgan fingerprint density at radius 3 is 2.43 bits per heavy atom. The molecule has 0 amide bonds. The van der Waals surface area contributed by atoms with E-state index in [1.165, 1.54) is 0 Å². The highest BCUT2D eigenvalue weighted by atomic mass is 32.1. The number of thiophene rings is 1. The molecule has 1 aliphatic rings. The van der Waals surface area contributed by atoms with Gasteiger partial charge in [-0.05, 0) is 44.2 Å². The number of carbonyl (C=O) groups excluding carboxylic acids is 1. The van der Waals surface area contributed by atoms with Crippen LogP contribution in [0.15, 0.2) is 41.0 Å². The number of hydrogen-bond donors (Lipinski definition) is 0. The monoisotopic (exact) mass is 326 g/mol. The second kappa shape index (κ2) is 6.01. The molecular weight excluding hydrogens is 308 g/mol. The van der Waals surface area contributed by atoms with Crippen LogP contribution in [0.25, 0.3) is 6.08 Å². The third-order valence-electron chi connectivity index (χ3n) is 3.42. The Balaban J connectivity index is 1.92. The van der Waals surface area contributed by atoms with Gasteiger partial charge in [-0.1, -0.05) is 17.2 Å². The van der Waals surface area contributed by atoms with Gasteiger partial charge in [0.2, 0.25) is 5.90 Å². The van der Waals surface area contributed by atoms with Crippen LogP contribution in [0.5, 0.6) is 0 Å².